The summed E-state index contributed by atoms with van der Waals surface area (Å²) in [7, 11) is -0.604. The maximum atomic E-state index is 9.92. The quantitative estimate of drug-likeness (QED) is 0.565. The van der Waals surface area contributed by atoms with Gasteiger partial charge < -0.3 is 5.11 Å². The van der Waals surface area contributed by atoms with E-state index in [2.05, 4.69) is 8.37 Å². The molecule has 0 aliphatic carbocycles. The predicted octanol–water partition coefficient (Wildman–Crippen LogP) is -0.867. The van der Waals surface area contributed by atoms with Gasteiger partial charge in [0.25, 0.3) is 0 Å². The molecule has 1 N–H and O–H groups in total. The summed E-state index contributed by atoms with van der Waals surface area (Å²) in [5.74, 6) is 0. The van der Waals surface area contributed by atoms with Crippen LogP contribution in [-0.4, -0.2) is 34.9 Å². The van der Waals surface area contributed by atoms with Crippen molar-refractivity contribution in [2.24, 2.45) is 0 Å². The van der Waals surface area contributed by atoms with Crippen LogP contribution in [0.25, 0.3) is 0 Å². The smallest absolute Gasteiger partial charge is 0.399 e. The molecule has 0 rings (SSSR count). The first kappa shape index (κ1) is 11.6. The van der Waals surface area contributed by atoms with Crippen molar-refractivity contribution in [2.75, 3.05) is 21.3 Å². The minimum absolute atomic E-state index is 1.00. The fourth-order valence-electron chi connectivity index (χ4n) is 0.0680. The lowest BCUT2D eigenvalue weighted by atomic mass is 11.8. The summed E-state index contributed by atoms with van der Waals surface area (Å²) in [5, 5.41) is 7.00. The second kappa shape index (κ2) is 5.96. The van der Waals surface area contributed by atoms with Crippen LogP contribution in [0.4, 0.5) is 0 Å². The van der Waals surface area contributed by atoms with E-state index in [0.717, 1.165) is 21.3 Å². The van der Waals surface area contributed by atoms with Crippen molar-refractivity contribution in [1.29, 1.82) is 0 Å². The highest BCUT2D eigenvalue weighted by atomic mass is 32.3. The molecule has 0 heterocycles. The highest BCUT2D eigenvalue weighted by Gasteiger charge is 2.01. The zero-order valence-electron chi connectivity index (χ0n) is 5.49. The Bertz CT molecular complexity index is 115. The minimum atomic E-state index is -3.66. The Morgan fingerprint density at radius 1 is 1.11 bits per heavy atom. The van der Waals surface area contributed by atoms with Crippen molar-refractivity contribution in [3.8, 4) is 0 Å². The maximum absolute atomic E-state index is 9.92. The molecule has 0 spiro atoms. The lowest BCUT2D eigenvalue weighted by Gasteiger charge is -1.91. The Hall–Kier alpha value is -0.170. The van der Waals surface area contributed by atoms with Crippen molar-refractivity contribution in [3.05, 3.63) is 0 Å². The SMILES string of the molecule is CO.COS(=O)(=O)OC. The summed E-state index contributed by atoms with van der Waals surface area (Å²) in [4.78, 5) is 0. The Morgan fingerprint density at radius 3 is 1.33 bits per heavy atom. The van der Waals surface area contributed by atoms with Gasteiger partial charge in [-0.3, -0.25) is 8.37 Å². The monoisotopic (exact) mass is 158 g/mol. The van der Waals surface area contributed by atoms with Gasteiger partial charge in [0.05, 0.1) is 14.2 Å². The molecule has 0 bridgehead atoms. The molecular formula is C3H10O5S. The minimum Gasteiger partial charge on any atom is -0.400 e. The van der Waals surface area contributed by atoms with Gasteiger partial charge in [-0.05, 0) is 0 Å². The molecule has 0 atom stereocenters. The molecule has 6 heteroatoms. The summed E-state index contributed by atoms with van der Waals surface area (Å²) >= 11 is 0. The largest absolute Gasteiger partial charge is 0.400 e. The van der Waals surface area contributed by atoms with Crippen LogP contribution in [0.15, 0.2) is 0 Å². The van der Waals surface area contributed by atoms with Gasteiger partial charge in [-0.15, -0.1) is 0 Å². The molecule has 58 valence electrons. The second-order valence-electron chi connectivity index (χ2n) is 0.742. The molecule has 5 nitrogen and oxygen atoms in total. The van der Waals surface area contributed by atoms with E-state index in [1.54, 1.807) is 0 Å². The van der Waals surface area contributed by atoms with E-state index in [0.29, 0.717) is 0 Å². The number of hydrogen-bond donors (Lipinski definition) is 1. The third kappa shape index (κ3) is 7.83. The van der Waals surface area contributed by atoms with Crippen LogP contribution in [0.2, 0.25) is 0 Å². The average molecular weight is 158 g/mol. The number of rotatable bonds is 2. The third-order valence-corrected chi connectivity index (χ3v) is 1.22. The first-order valence-electron chi connectivity index (χ1n) is 1.93. The van der Waals surface area contributed by atoms with Crippen LogP contribution in [0, 0.1) is 0 Å². The van der Waals surface area contributed by atoms with Crippen molar-refractivity contribution < 1.29 is 21.9 Å². The fraction of sp³-hybridized carbons (Fsp3) is 1.00. The van der Waals surface area contributed by atoms with Crippen LogP contribution < -0.4 is 0 Å². The summed E-state index contributed by atoms with van der Waals surface area (Å²) < 4.78 is 27.5. The molecule has 0 saturated carbocycles. The Kier molecular flexibility index (Phi) is 7.68. The molecule has 9 heavy (non-hydrogen) atoms. The van der Waals surface area contributed by atoms with Crippen molar-refractivity contribution in [1.82, 2.24) is 0 Å². The second-order valence-corrected chi connectivity index (χ2v) is 2.22. The standard InChI is InChI=1S/C2H6O4S.CH4O/c1-5-7(3,4)6-2;1-2/h1-2H3;2H,1H3. The molecule has 0 fully saturated rings. The molecule has 0 amide bonds. The highest BCUT2D eigenvalue weighted by Crippen LogP contribution is 1.85. The van der Waals surface area contributed by atoms with E-state index in [4.69, 9.17) is 5.11 Å². The number of aliphatic hydroxyl groups is 1. The Balaban J connectivity index is 0. The van der Waals surface area contributed by atoms with Crippen molar-refractivity contribution in [3.63, 3.8) is 0 Å². The van der Waals surface area contributed by atoms with E-state index in [-0.39, 0.29) is 0 Å². The Labute approximate surface area is 54.5 Å². The molecule has 0 aromatic carbocycles. The summed E-state index contributed by atoms with van der Waals surface area (Å²) in [6.45, 7) is 0. The third-order valence-electron chi connectivity index (χ3n) is 0.408. The molecule has 0 unspecified atom stereocenters. The van der Waals surface area contributed by atoms with E-state index in [1.807, 2.05) is 0 Å². The normalized spacial score (nSPS) is 9.78. The van der Waals surface area contributed by atoms with Gasteiger partial charge in [-0.1, -0.05) is 0 Å². The van der Waals surface area contributed by atoms with Crippen LogP contribution in [0.1, 0.15) is 0 Å². The van der Waals surface area contributed by atoms with Crippen LogP contribution in [0.3, 0.4) is 0 Å². The van der Waals surface area contributed by atoms with Gasteiger partial charge in [-0.2, -0.15) is 8.42 Å². The highest BCUT2D eigenvalue weighted by molar-refractivity contribution is 7.81. The first-order valence-corrected chi connectivity index (χ1v) is 3.26. The zero-order chi connectivity index (χ0) is 7.91. The van der Waals surface area contributed by atoms with Crippen LogP contribution >= 0.6 is 0 Å². The van der Waals surface area contributed by atoms with E-state index < -0.39 is 10.4 Å². The topological polar surface area (TPSA) is 72.8 Å². The fourth-order valence-corrected chi connectivity index (χ4v) is 0.204. The maximum Gasteiger partial charge on any atom is 0.399 e. The molecular weight excluding hydrogens is 148 g/mol. The van der Waals surface area contributed by atoms with Gasteiger partial charge >= 0.3 is 10.4 Å². The lowest BCUT2D eigenvalue weighted by molar-refractivity contribution is 0.286. The summed E-state index contributed by atoms with van der Waals surface area (Å²) in [6.07, 6.45) is 0. The van der Waals surface area contributed by atoms with E-state index in [1.165, 1.54) is 0 Å². The van der Waals surface area contributed by atoms with Gasteiger partial charge in [-0.25, -0.2) is 0 Å². The van der Waals surface area contributed by atoms with Gasteiger partial charge in [0.15, 0.2) is 0 Å². The molecule has 0 aliphatic heterocycles. The van der Waals surface area contributed by atoms with Crippen molar-refractivity contribution >= 4 is 10.4 Å². The van der Waals surface area contributed by atoms with Crippen LogP contribution in [-0.2, 0) is 18.8 Å². The van der Waals surface area contributed by atoms with Crippen molar-refractivity contribution in [2.45, 2.75) is 0 Å². The molecule has 0 aromatic heterocycles. The van der Waals surface area contributed by atoms with Gasteiger partial charge in [0.2, 0.25) is 0 Å². The van der Waals surface area contributed by atoms with Gasteiger partial charge in [0, 0.05) is 7.11 Å². The Morgan fingerprint density at radius 2 is 1.33 bits per heavy atom. The van der Waals surface area contributed by atoms with E-state index in [9.17, 15) is 8.42 Å². The molecule has 0 saturated heterocycles. The first-order chi connectivity index (χ1) is 4.12. The van der Waals surface area contributed by atoms with E-state index >= 15 is 0 Å². The summed E-state index contributed by atoms with van der Waals surface area (Å²) in [5.41, 5.74) is 0. The predicted molar refractivity (Wildman–Crippen MR) is 31.1 cm³/mol. The molecule has 0 aliphatic rings. The van der Waals surface area contributed by atoms with Crippen LogP contribution in [0.5, 0.6) is 0 Å². The summed E-state index contributed by atoms with van der Waals surface area (Å²) in [6, 6.07) is 0. The van der Waals surface area contributed by atoms with Gasteiger partial charge in [0.1, 0.15) is 0 Å². The average Bonchev–Trinajstić information content (AvgIpc) is 1.93. The zero-order valence-corrected chi connectivity index (χ0v) is 6.30. The molecule has 0 aromatic rings. The molecule has 0 radical (unpaired) electrons. The number of hydrogen-bond acceptors (Lipinski definition) is 5. The number of aliphatic hydroxyl groups excluding tert-OH is 1. The lowest BCUT2D eigenvalue weighted by Crippen LogP contribution is -2.02.